The zero-order valence-electron chi connectivity index (χ0n) is 13.4. The molecule has 0 saturated carbocycles. The summed E-state index contributed by atoms with van der Waals surface area (Å²) in [5, 5.41) is 8.28. The quantitative estimate of drug-likeness (QED) is 0.740. The van der Waals surface area contributed by atoms with E-state index < -0.39 is 0 Å². The van der Waals surface area contributed by atoms with E-state index in [1.807, 2.05) is 49.4 Å². The number of nitrogens with one attached hydrogen (secondary N) is 1. The van der Waals surface area contributed by atoms with Gasteiger partial charge >= 0.3 is 0 Å². The number of halogens is 1. The van der Waals surface area contributed by atoms with Crippen LogP contribution in [-0.2, 0) is 4.79 Å². The van der Waals surface area contributed by atoms with Gasteiger partial charge in [-0.05, 0) is 36.8 Å². The van der Waals surface area contributed by atoms with Gasteiger partial charge < -0.3 is 5.32 Å². The molecule has 0 saturated heterocycles. The molecule has 2 aromatic heterocycles. The molecule has 126 valence electrons. The summed E-state index contributed by atoms with van der Waals surface area (Å²) in [4.78, 5) is 16.6. The normalized spacial score (nSPS) is 16.9. The number of carbonyl (C=O) groups is 1. The minimum atomic E-state index is -0.0483. The maximum Gasteiger partial charge on any atom is 0.235 e. The Bertz CT molecular complexity index is 942. The van der Waals surface area contributed by atoms with Crippen molar-refractivity contribution in [3.8, 4) is 5.82 Å². The largest absolute Gasteiger partial charge is 0.310 e. The van der Waals surface area contributed by atoms with Crippen LogP contribution < -0.4 is 5.32 Å². The molecular weight excluding hydrogens is 356 g/mol. The van der Waals surface area contributed by atoms with Crippen molar-refractivity contribution in [1.82, 2.24) is 14.8 Å². The van der Waals surface area contributed by atoms with Crippen LogP contribution in [0, 0.1) is 6.92 Å². The second kappa shape index (κ2) is 6.54. The van der Waals surface area contributed by atoms with Crippen molar-refractivity contribution in [1.29, 1.82) is 0 Å². The number of thioether (sulfide) groups is 1. The zero-order chi connectivity index (χ0) is 17.4. The van der Waals surface area contributed by atoms with Crippen molar-refractivity contribution < 1.29 is 4.79 Å². The highest BCUT2D eigenvalue weighted by atomic mass is 35.5. The highest BCUT2D eigenvalue weighted by Crippen LogP contribution is 2.44. The monoisotopic (exact) mass is 370 g/mol. The molecule has 1 amide bonds. The number of aromatic nitrogens is 3. The summed E-state index contributed by atoms with van der Waals surface area (Å²) >= 11 is 7.75. The fourth-order valence-electron chi connectivity index (χ4n) is 2.96. The first kappa shape index (κ1) is 16.2. The van der Waals surface area contributed by atoms with Gasteiger partial charge in [0, 0.05) is 16.8 Å². The zero-order valence-corrected chi connectivity index (χ0v) is 15.0. The molecule has 1 aliphatic heterocycles. The van der Waals surface area contributed by atoms with Crippen molar-refractivity contribution in [2.75, 3.05) is 11.1 Å². The fourth-order valence-corrected chi connectivity index (χ4v) is 4.34. The predicted octanol–water partition coefficient (Wildman–Crippen LogP) is 4.00. The predicted molar refractivity (Wildman–Crippen MR) is 100 cm³/mol. The fraction of sp³-hybridized carbons (Fsp3) is 0.167. The van der Waals surface area contributed by atoms with Gasteiger partial charge in [-0.1, -0.05) is 29.8 Å². The number of aryl methyl sites for hydroxylation is 1. The van der Waals surface area contributed by atoms with Crippen LogP contribution in [0.3, 0.4) is 0 Å². The number of hydrogen-bond donors (Lipinski definition) is 1. The summed E-state index contributed by atoms with van der Waals surface area (Å²) in [5.74, 6) is 1.67. The number of hydrogen-bond acceptors (Lipinski definition) is 4. The van der Waals surface area contributed by atoms with Gasteiger partial charge in [-0.3, -0.25) is 4.79 Å². The van der Waals surface area contributed by atoms with Crippen molar-refractivity contribution in [3.05, 3.63) is 70.5 Å². The number of pyridine rings is 1. The van der Waals surface area contributed by atoms with Crippen LogP contribution in [0.5, 0.6) is 0 Å². The van der Waals surface area contributed by atoms with Gasteiger partial charge in [0.15, 0.2) is 5.82 Å². The molecule has 0 radical (unpaired) electrons. The Morgan fingerprint density at radius 3 is 2.92 bits per heavy atom. The summed E-state index contributed by atoms with van der Waals surface area (Å²) in [6, 6.07) is 13.4. The maximum atomic E-state index is 12.3. The molecule has 1 aliphatic rings. The summed E-state index contributed by atoms with van der Waals surface area (Å²) in [6.45, 7) is 1.95. The SMILES string of the molecule is Cc1nn(-c2ccccn2)c2c1C(c1cccc(Cl)c1)SCC(=O)N2. The second-order valence-corrected chi connectivity index (χ2v) is 7.27. The molecule has 4 rings (SSSR count). The van der Waals surface area contributed by atoms with E-state index in [2.05, 4.69) is 15.4 Å². The molecule has 3 heterocycles. The Morgan fingerprint density at radius 2 is 2.16 bits per heavy atom. The number of rotatable bonds is 2. The van der Waals surface area contributed by atoms with E-state index in [9.17, 15) is 4.79 Å². The first-order valence-corrected chi connectivity index (χ1v) is 9.24. The van der Waals surface area contributed by atoms with Crippen LogP contribution in [0.15, 0.2) is 48.7 Å². The van der Waals surface area contributed by atoms with Gasteiger partial charge in [0.25, 0.3) is 0 Å². The molecular formula is C18H15ClN4OS. The van der Waals surface area contributed by atoms with E-state index in [4.69, 9.17) is 11.6 Å². The number of amides is 1. The highest BCUT2D eigenvalue weighted by molar-refractivity contribution is 8.00. The van der Waals surface area contributed by atoms with E-state index >= 15 is 0 Å². The third-order valence-electron chi connectivity index (χ3n) is 4.03. The number of benzene rings is 1. The molecule has 1 unspecified atom stereocenters. The molecule has 0 aliphatic carbocycles. The Kier molecular flexibility index (Phi) is 4.23. The summed E-state index contributed by atoms with van der Waals surface area (Å²) in [5.41, 5.74) is 2.91. The lowest BCUT2D eigenvalue weighted by Crippen LogP contribution is -2.16. The maximum absolute atomic E-state index is 12.3. The lowest BCUT2D eigenvalue weighted by molar-refractivity contribution is -0.113. The van der Waals surface area contributed by atoms with Gasteiger partial charge in [0.1, 0.15) is 5.82 Å². The number of nitrogens with zero attached hydrogens (tertiary/aromatic N) is 3. The summed E-state index contributed by atoms with van der Waals surface area (Å²) in [7, 11) is 0. The van der Waals surface area contributed by atoms with E-state index in [-0.39, 0.29) is 11.2 Å². The Labute approximate surface area is 154 Å². The number of anilines is 1. The molecule has 1 atom stereocenters. The van der Waals surface area contributed by atoms with Gasteiger partial charge in [-0.2, -0.15) is 9.78 Å². The van der Waals surface area contributed by atoms with Crippen LogP contribution in [0.2, 0.25) is 5.02 Å². The minimum absolute atomic E-state index is 0.0230. The average molecular weight is 371 g/mol. The van der Waals surface area contributed by atoms with Crippen molar-refractivity contribution in [2.24, 2.45) is 0 Å². The van der Waals surface area contributed by atoms with Crippen LogP contribution >= 0.6 is 23.4 Å². The molecule has 5 nitrogen and oxygen atoms in total. The molecule has 7 heteroatoms. The lowest BCUT2D eigenvalue weighted by atomic mass is 10.0. The standard InChI is InChI=1S/C18H15ClN4OS/c1-11-16-17(12-5-4-6-13(19)9-12)25-10-15(24)21-18(16)23(22-11)14-7-2-3-8-20-14/h2-9,17H,10H2,1H3,(H,21,24). The van der Waals surface area contributed by atoms with E-state index in [1.165, 1.54) is 0 Å². The molecule has 0 bridgehead atoms. The van der Waals surface area contributed by atoms with Crippen LogP contribution in [0.25, 0.3) is 5.82 Å². The van der Waals surface area contributed by atoms with Crippen LogP contribution in [0.4, 0.5) is 5.82 Å². The second-order valence-electron chi connectivity index (χ2n) is 5.74. The minimum Gasteiger partial charge on any atom is -0.310 e. The Hall–Kier alpha value is -2.31. The van der Waals surface area contributed by atoms with Gasteiger partial charge in [-0.25, -0.2) is 4.98 Å². The van der Waals surface area contributed by atoms with E-state index in [0.29, 0.717) is 22.4 Å². The van der Waals surface area contributed by atoms with Gasteiger partial charge in [0.05, 0.1) is 16.7 Å². The molecule has 1 aromatic carbocycles. The van der Waals surface area contributed by atoms with Crippen molar-refractivity contribution in [3.63, 3.8) is 0 Å². The highest BCUT2D eigenvalue weighted by Gasteiger charge is 2.30. The average Bonchev–Trinajstić information content (AvgIpc) is 2.82. The molecule has 0 spiro atoms. The first-order chi connectivity index (χ1) is 12.1. The Balaban J connectivity index is 1.90. The van der Waals surface area contributed by atoms with Gasteiger partial charge in [-0.15, -0.1) is 11.8 Å². The smallest absolute Gasteiger partial charge is 0.235 e. The molecule has 25 heavy (non-hydrogen) atoms. The number of carbonyl (C=O) groups excluding carboxylic acids is 1. The number of fused-ring (bicyclic) bond motifs is 1. The lowest BCUT2D eigenvalue weighted by Gasteiger charge is -2.15. The third kappa shape index (κ3) is 3.03. The topological polar surface area (TPSA) is 59.8 Å². The summed E-state index contributed by atoms with van der Waals surface area (Å²) in [6.07, 6.45) is 1.71. The molecule has 1 N–H and O–H groups in total. The molecule has 3 aromatic rings. The van der Waals surface area contributed by atoms with Gasteiger partial charge in [0.2, 0.25) is 5.91 Å². The Morgan fingerprint density at radius 1 is 1.28 bits per heavy atom. The van der Waals surface area contributed by atoms with E-state index in [0.717, 1.165) is 16.8 Å². The van der Waals surface area contributed by atoms with Crippen molar-refractivity contribution in [2.45, 2.75) is 12.2 Å². The van der Waals surface area contributed by atoms with Crippen LogP contribution in [0.1, 0.15) is 22.1 Å². The van der Waals surface area contributed by atoms with Crippen LogP contribution in [-0.4, -0.2) is 26.4 Å². The van der Waals surface area contributed by atoms with Crippen molar-refractivity contribution >= 4 is 35.1 Å². The third-order valence-corrected chi connectivity index (χ3v) is 5.53. The van der Waals surface area contributed by atoms with E-state index in [1.54, 1.807) is 22.6 Å². The summed E-state index contributed by atoms with van der Waals surface area (Å²) < 4.78 is 1.70. The molecule has 0 fully saturated rings. The first-order valence-electron chi connectivity index (χ1n) is 7.81.